The second-order valence-electron chi connectivity index (χ2n) is 5.32. The van der Waals surface area contributed by atoms with Gasteiger partial charge in [-0.25, -0.2) is 0 Å². The lowest BCUT2D eigenvalue weighted by Crippen LogP contribution is -2.46. The summed E-state index contributed by atoms with van der Waals surface area (Å²) in [4.78, 5) is 17.1. The van der Waals surface area contributed by atoms with Gasteiger partial charge in [0.15, 0.2) is 0 Å². The van der Waals surface area contributed by atoms with E-state index >= 15 is 0 Å². The smallest absolute Gasteiger partial charge is 0.244 e. The Morgan fingerprint density at radius 1 is 1.33 bits per heavy atom. The molecule has 0 spiro atoms. The average Bonchev–Trinajstić information content (AvgIpc) is 2.54. The third-order valence-electron chi connectivity index (χ3n) is 3.83. The molecule has 21 heavy (non-hydrogen) atoms. The summed E-state index contributed by atoms with van der Waals surface area (Å²) in [6.07, 6.45) is 0. The summed E-state index contributed by atoms with van der Waals surface area (Å²) in [6, 6.07) is 10.0. The van der Waals surface area contributed by atoms with Crippen molar-refractivity contribution in [1.29, 1.82) is 0 Å². The minimum absolute atomic E-state index is 0.144. The highest BCUT2D eigenvalue weighted by Crippen LogP contribution is 2.25. The summed E-state index contributed by atoms with van der Waals surface area (Å²) < 4.78 is 0. The summed E-state index contributed by atoms with van der Waals surface area (Å²) in [5, 5.41) is 3.10. The molecule has 0 radical (unpaired) electrons. The first-order chi connectivity index (χ1) is 10.2. The lowest BCUT2D eigenvalue weighted by Gasteiger charge is -2.35. The van der Waals surface area contributed by atoms with Gasteiger partial charge in [0.05, 0.1) is 0 Å². The first-order valence-electron chi connectivity index (χ1n) is 7.50. The Bertz CT molecular complexity index is 434. The normalized spacial score (nSPS) is 17.4. The predicted molar refractivity (Wildman–Crippen MR) is 89.6 cm³/mol. The Kier molecular flexibility index (Phi) is 6.54. The van der Waals surface area contributed by atoms with Crippen LogP contribution in [0.1, 0.15) is 11.6 Å². The molecule has 5 heteroatoms. The molecule has 1 unspecified atom stereocenters. The van der Waals surface area contributed by atoms with Gasteiger partial charge in [0.2, 0.25) is 5.91 Å². The number of nitrogens with one attached hydrogen (secondary N) is 1. The zero-order chi connectivity index (χ0) is 15.1. The van der Waals surface area contributed by atoms with Gasteiger partial charge in [0.1, 0.15) is 6.04 Å². The summed E-state index contributed by atoms with van der Waals surface area (Å²) in [5.41, 5.74) is 1.10. The van der Waals surface area contributed by atoms with E-state index < -0.39 is 0 Å². The number of carbonyl (C=O) groups is 1. The van der Waals surface area contributed by atoms with E-state index in [-0.39, 0.29) is 11.9 Å². The van der Waals surface area contributed by atoms with Crippen LogP contribution in [0, 0.1) is 0 Å². The average molecular weight is 307 g/mol. The first-order valence-corrected chi connectivity index (χ1v) is 8.66. The molecular weight excluding hydrogens is 282 g/mol. The van der Waals surface area contributed by atoms with Crippen molar-refractivity contribution >= 4 is 17.7 Å². The second kappa shape index (κ2) is 8.41. The molecule has 2 rings (SSSR count). The van der Waals surface area contributed by atoms with Gasteiger partial charge in [-0.1, -0.05) is 30.3 Å². The van der Waals surface area contributed by atoms with Crippen molar-refractivity contribution in [3.63, 3.8) is 0 Å². The van der Waals surface area contributed by atoms with Crippen LogP contribution in [0.3, 0.4) is 0 Å². The predicted octanol–water partition coefficient (Wildman–Crippen LogP) is 1.45. The molecule has 4 nitrogen and oxygen atoms in total. The minimum Gasteiger partial charge on any atom is -0.343 e. The maximum Gasteiger partial charge on any atom is 0.244 e. The molecule has 1 heterocycles. The van der Waals surface area contributed by atoms with Crippen LogP contribution in [0.25, 0.3) is 0 Å². The van der Waals surface area contributed by atoms with E-state index in [0.29, 0.717) is 0 Å². The summed E-state index contributed by atoms with van der Waals surface area (Å²) in [5.74, 6) is 2.41. The molecule has 1 aromatic carbocycles. The van der Waals surface area contributed by atoms with Gasteiger partial charge in [-0.15, -0.1) is 0 Å². The van der Waals surface area contributed by atoms with Crippen molar-refractivity contribution in [2.45, 2.75) is 6.04 Å². The van der Waals surface area contributed by atoms with Crippen molar-refractivity contribution in [3.05, 3.63) is 35.9 Å². The van der Waals surface area contributed by atoms with Crippen LogP contribution in [0.15, 0.2) is 30.3 Å². The molecule has 1 fully saturated rings. The molecule has 1 atom stereocenters. The van der Waals surface area contributed by atoms with Gasteiger partial charge in [-0.3, -0.25) is 9.69 Å². The number of thioether (sulfide) groups is 1. The fourth-order valence-electron chi connectivity index (χ4n) is 2.58. The third kappa shape index (κ3) is 4.46. The Labute approximate surface area is 131 Å². The number of hydrogen-bond donors (Lipinski definition) is 1. The molecule has 1 aliphatic heterocycles. The molecule has 1 saturated heterocycles. The number of benzene rings is 1. The van der Waals surface area contributed by atoms with Crippen molar-refractivity contribution in [2.24, 2.45) is 0 Å². The molecule has 1 N–H and O–H groups in total. The minimum atomic E-state index is -0.144. The van der Waals surface area contributed by atoms with Crippen LogP contribution in [0.2, 0.25) is 0 Å². The van der Waals surface area contributed by atoms with Crippen molar-refractivity contribution in [3.8, 4) is 0 Å². The largest absolute Gasteiger partial charge is 0.343 e. The molecule has 0 saturated carbocycles. The quantitative estimate of drug-likeness (QED) is 0.863. The van der Waals surface area contributed by atoms with Crippen molar-refractivity contribution in [2.75, 3.05) is 51.8 Å². The maximum atomic E-state index is 12.9. The number of hydrogen-bond acceptors (Lipinski definition) is 4. The van der Waals surface area contributed by atoms with Gasteiger partial charge in [0, 0.05) is 44.7 Å². The van der Waals surface area contributed by atoms with E-state index in [0.717, 1.165) is 43.2 Å². The molecule has 1 aromatic rings. The summed E-state index contributed by atoms with van der Waals surface area (Å²) in [6.45, 7) is 3.52. The Morgan fingerprint density at radius 2 is 2.00 bits per heavy atom. The first kappa shape index (κ1) is 16.3. The van der Waals surface area contributed by atoms with Gasteiger partial charge < -0.3 is 10.2 Å². The van der Waals surface area contributed by atoms with E-state index in [9.17, 15) is 4.79 Å². The topological polar surface area (TPSA) is 35.6 Å². The standard InChI is InChI=1S/C16H25N3OS/c1-17-8-9-18(2)16(20)15(14-6-4-3-5-7-14)19-10-12-21-13-11-19/h3-7,15,17H,8-13H2,1-2H3. The van der Waals surface area contributed by atoms with Crippen LogP contribution in [-0.2, 0) is 4.79 Å². The van der Waals surface area contributed by atoms with Crippen LogP contribution in [0.4, 0.5) is 0 Å². The van der Waals surface area contributed by atoms with Crippen molar-refractivity contribution in [1.82, 2.24) is 15.1 Å². The van der Waals surface area contributed by atoms with Crippen LogP contribution in [0.5, 0.6) is 0 Å². The lowest BCUT2D eigenvalue weighted by atomic mass is 10.0. The van der Waals surface area contributed by atoms with Crippen LogP contribution >= 0.6 is 11.8 Å². The molecule has 0 aromatic heterocycles. The molecule has 1 amide bonds. The fraction of sp³-hybridized carbons (Fsp3) is 0.562. The van der Waals surface area contributed by atoms with Crippen LogP contribution in [-0.4, -0.2) is 67.5 Å². The zero-order valence-corrected chi connectivity index (χ0v) is 13.7. The Morgan fingerprint density at radius 3 is 2.62 bits per heavy atom. The van der Waals surface area contributed by atoms with Gasteiger partial charge in [-0.2, -0.15) is 11.8 Å². The number of likely N-dealkylation sites (N-methyl/N-ethyl adjacent to an activating group) is 2. The van der Waals surface area contributed by atoms with E-state index in [1.54, 1.807) is 0 Å². The van der Waals surface area contributed by atoms with Crippen LogP contribution < -0.4 is 5.32 Å². The van der Waals surface area contributed by atoms with E-state index in [1.165, 1.54) is 0 Å². The monoisotopic (exact) mass is 307 g/mol. The number of amides is 1. The zero-order valence-electron chi connectivity index (χ0n) is 12.9. The number of carbonyl (C=O) groups excluding carboxylic acids is 1. The SMILES string of the molecule is CNCCN(C)C(=O)C(c1ccccc1)N1CCSCC1. The maximum absolute atomic E-state index is 12.9. The van der Waals surface area contributed by atoms with Gasteiger partial charge in [0.25, 0.3) is 0 Å². The molecule has 1 aliphatic rings. The molecule has 0 bridgehead atoms. The van der Waals surface area contributed by atoms with E-state index in [1.807, 2.05) is 49.0 Å². The van der Waals surface area contributed by atoms with Gasteiger partial charge in [-0.05, 0) is 12.6 Å². The molecular formula is C16H25N3OS. The highest BCUT2D eigenvalue weighted by Gasteiger charge is 2.30. The van der Waals surface area contributed by atoms with E-state index in [4.69, 9.17) is 0 Å². The van der Waals surface area contributed by atoms with Crippen molar-refractivity contribution < 1.29 is 4.79 Å². The summed E-state index contributed by atoms with van der Waals surface area (Å²) in [7, 11) is 3.81. The fourth-order valence-corrected chi connectivity index (χ4v) is 3.51. The van der Waals surface area contributed by atoms with E-state index in [2.05, 4.69) is 22.3 Å². The Hall–Kier alpha value is -1.04. The highest BCUT2D eigenvalue weighted by molar-refractivity contribution is 7.99. The summed E-state index contributed by atoms with van der Waals surface area (Å²) >= 11 is 1.97. The van der Waals surface area contributed by atoms with Gasteiger partial charge >= 0.3 is 0 Å². The highest BCUT2D eigenvalue weighted by atomic mass is 32.2. The third-order valence-corrected chi connectivity index (χ3v) is 4.78. The molecule has 0 aliphatic carbocycles. The second-order valence-corrected chi connectivity index (χ2v) is 6.55. The Balaban J connectivity index is 2.16. The number of rotatable bonds is 6. The molecule has 116 valence electrons. The lowest BCUT2D eigenvalue weighted by molar-refractivity contribution is -0.135. The number of nitrogens with zero attached hydrogens (tertiary/aromatic N) is 2.